The molecule has 0 amide bonds. The molecule has 0 aromatic heterocycles. The van der Waals surface area contributed by atoms with Crippen molar-refractivity contribution in [3.05, 3.63) is 10.5 Å². The average Bonchev–Trinajstić information content (AvgIpc) is 2.43. The highest BCUT2D eigenvalue weighted by Crippen LogP contribution is 2.46. The molecular formula is C17H26O4S. The third kappa shape index (κ3) is 4.00. The summed E-state index contributed by atoms with van der Waals surface area (Å²) in [4.78, 5) is 38.2. The number of unbranched alkanes of at least 4 members (excludes halogenated alkanes) is 1. The van der Waals surface area contributed by atoms with Gasteiger partial charge in [0.25, 0.3) is 0 Å². The lowest BCUT2D eigenvalue weighted by molar-refractivity contribution is -0.153. The summed E-state index contributed by atoms with van der Waals surface area (Å²) in [6, 6.07) is 0. The third-order valence-corrected chi connectivity index (χ3v) is 4.96. The summed E-state index contributed by atoms with van der Waals surface area (Å²) in [5.74, 6) is -1.13. The Kier molecular flexibility index (Phi) is 6.85. The van der Waals surface area contributed by atoms with Crippen molar-refractivity contribution in [2.45, 2.75) is 53.4 Å². The van der Waals surface area contributed by atoms with Crippen molar-refractivity contribution in [2.75, 3.05) is 12.9 Å². The molecule has 5 heteroatoms. The molecule has 1 aliphatic carbocycles. The maximum absolute atomic E-state index is 12.8. The summed E-state index contributed by atoms with van der Waals surface area (Å²) in [5.41, 5.74) is -0.286. The van der Waals surface area contributed by atoms with Gasteiger partial charge >= 0.3 is 5.97 Å². The quantitative estimate of drug-likeness (QED) is 0.407. The highest BCUT2D eigenvalue weighted by atomic mass is 32.2. The number of carbonyl (C=O) groups excluding carboxylic acids is 3. The van der Waals surface area contributed by atoms with Crippen molar-refractivity contribution in [1.29, 1.82) is 0 Å². The van der Waals surface area contributed by atoms with E-state index in [0.29, 0.717) is 12.8 Å². The number of hydrogen-bond donors (Lipinski definition) is 0. The Morgan fingerprint density at radius 2 is 1.95 bits per heavy atom. The second-order valence-electron chi connectivity index (χ2n) is 6.24. The second kappa shape index (κ2) is 7.95. The first-order valence-corrected chi connectivity index (χ1v) is 8.79. The maximum Gasteiger partial charge on any atom is 0.317 e. The van der Waals surface area contributed by atoms with Crippen LogP contribution in [0, 0.1) is 11.3 Å². The van der Waals surface area contributed by atoms with Crippen molar-refractivity contribution in [3.8, 4) is 0 Å². The van der Waals surface area contributed by atoms with E-state index >= 15 is 0 Å². The molecule has 4 nitrogen and oxygen atoms in total. The van der Waals surface area contributed by atoms with Crippen LogP contribution in [0.4, 0.5) is 0 Å². The number of methoxy groups -OCH3 is 1. The fourth-order valence-electron chi connectivity index (χ4n) is 2.84. The molecular weight excluding hydrogens is 300 g/mol. The van der Waals surface area contributed by atoms with Crippen LogP contribution in [0.2, 0.25) is 0 Å². The van der Waals surface area contributed by atoms with Crippen molar-refractivity contribution < 1.29 is 19.1 Å². The topological polar surface area (TPSA) is 60.4 Å². The monoisotopic (exact) mass is 326 g/mol. The highest BCUT2D eigenvalue weighted by Gasteiger charge is 2.48. The molecule has 0 aromatic rings. The normalized spacial score (nSPS) is 21.0. The van der Waals surface area contributed by atoms with E-state index in [0.717, 1.165) is 23.5 Å². The molecule has 1 rings (SSSR count). The molecule has 0 saturated heterocycles. The molecule has 124 valence electrons. The van der Waals surface area contributed by atoms with Gasteiger partial charge in [0.2, 0.25) is 0 Å². The third-order valence-electron chi connectivity index (χ3n) is 3.98. The number of carbonyl (C=O) groups is 3. The number of esters is 1. The van der Waals surface area contributed by atoms with Gasteiger partial charge in [0.05, 0.1) is 12.7 Å². The van der Waals surface area contributed by atoms with Crippen LogP contribution in [-0.2, 0) is 19.1 Å². The van der Waals surface area contributed by atoms with Gasteiger partial charge in [-0.15, -0.1) is 11.8 Å². The fourth-order valence-corrected chi connectivity index (χ4v) is 4.02. The van der Waals surface area contributed by atoms with E-state index in [4.69, 9.17) is 4.74 Å². The molecule has 22 heavy (non-hydrogen) atoms. The largest absolute Gasteiger partial charge is 0.468 e. The molecule has 0 radical (unpaired) electrons. The summed E-state index contributed by atoms with van der Waals surface area (Å²) in [7, 11) is 1.28. The van der Waals surface area contributed by atoms with Crippen molar-refractivity contribution in [3.63, 3.8) is 0 Å². The average molecular weight is 326 g/mol. The summed E-state index contributed by atoms with van der Waals surface area (Å²) >= 11 is 1.54. The number of hydrogen-bond acceptors (Lipinski definition) is 5. The molecule has 1 unspecified atom stereocenters. The molecule has 1 atom stereocenters. The van der Waals surface area contributed by atoms with Crippen molar-refractivity contribution in [2.24, 2.45) is 11.3 Å². The van der Waals surface area contributed by atoms with E-state index in [1.807, 2.05) is 27.7 Å². The summed E-state index contributed by atoms with van der Waals surface area (Å²) < 4.78 is 4.80. The van der Waals surface area contributed by atoms with Gasteiger partial charge < -0.3 is 4.74 Å². The molecule has 0 saturated carbocycles. The fraction of sp³-hybridized carbons (Fsp3) is 0.706. The Bertz CT molecular complexity index is 491. The van der Waals surface area contributed by atoms with Crippen LogP contribution in [0.3, 0.4) is 0 Å². The van der Waals surface area contributed by atoms with Gasteiger partial charge in [-0.3, -0.25) is 14.4 Å². The van der Waals surface area contributed by atoms with Crippen molar-refractivity contribution in [1.82, 2.24) is 0 Å². The molecule has 0 bridgehead atoms. The zero-order valence-corrected chi connectivity index (χ0v) is 15.0. The Morgan fingerprint density at radius 1 is 1.32 bits per heavy atom. The SMILES string of the molecule is CCCCC(=O)C1=C(SCC)CC(C)(C)C(C(=O)OC)C1=O. The van der Waals surface area contributed by atoms with Crippen LogP contribution >= 0.6 is 11.8 Å². The van der Waals surface area contributed by atoms with Crippen LogP contribution in [0.5, 0.6) is 0 Å². The standard InChI is InChI=1S/C17H26O4S/c1-6-8-9-11(18)13-12(22-7-2)10-17(3,4)14(15(13)19)16(20)21-5/h14H,6-10H2,1-5H3. The van der Waals surface area contributed by atoms with E-state index in [1.54, 1.807) is 0 Å². The summed E-state index contributed by atoms with van der Waals surface area (Å²) in [6.07, 6.45) is 2.57. The van der Waals surface area contributed by atoms with Gasteiger partial charge in [-0.2, -0.15) is 0 Å². The zero-order valence-electron chi connectivity index (χ0n) is 14.2. The Labute approximate surface area is 137 Å². The van der Waals surface area contributed by atoms with E-state index in [1.165, 1.54) is 18.9 Å². The zero-order chi connectivity index (χ0) is 16.9. The van der Waals surface area contributed by atoms with Crippen LogP contribution in [0.15, 0.2) is 10.5 Å². The minimum Gasteiger partial charge on any atom is -0.468 e. The molecule has 1 aliphatic rings. The van der Waals surface area contributed by atoms with E-state index in [9.17, 15) is 14.4 Å². The van der Waals surface area contributed by atoms with E-state index in [-0.39, 0.29) is 17.1 Å². The maximum atomic E-state index is 12.8. The minimum atomic E-state index is -0.890. The molecule has 0 spiro atoms. The van der Waals surface area contributed by atoms with Gasteiger partial charge in [0.15, 0.2) is 11.6 Å². The lowest BCUT2D eigenvalue weighted by Gasteiger charge is -2.37. The molecule has 0 heterocycles. The van der Waals surface area contributed by atoms with Crippen LogP contribution in [0.1, 0.15) is 53.4 Å². The molecule has 0 aliphatic heterocycles. The second-order valence-corrected chi connectivity index (χ2v) is 7.60. The van der Waals surface area contributed by atoms with E-state index in [2.05, 4.69) is 0 Å². The molecule has 0 aromatic carbocycles. The van der Waals surface area contributed by atoms with Gasteiger partial charge in [0, 0.05) is 6.42 Å². The van der Waals surface area contributed by atoms with Crippen LogP contribution in [0.25, 0.3) is 0 Å². The predicted molar refractivity (Wildman–Crippen MR) is 88.6 cm³/mol. The lowest BCUT2D eigenvalue weighted by atomic mass is 9.67. The summed E-state index contributed by atoms with van der Waals surface area (Å²) in [5, 5.41) is 0. The van der Waals surface area contributed by atoms with Gasteiger partial charge in [-0.1, -0.05) is 34.1 Å². The van der Waals surface area contributed by atoms with Crippen LogP contribution in [-0.4, -0.2) is 30.4 Å². The number of Topliss-reactive ketones (excluding diaryl/α,β-unsaturated/α-hetero) is 2. The Morgan fingerprint density at radius 3 is 2.45 bits per heavy atom. The Hall–Kier alpha value is -1.10. The smallest absolute Gasteiger partial charge is 0.317 e. The number of ether oxygens (including phenoxy) is 1. The predicted octanol–water partition coefficient (Wildman–Crippen LogP) is 3.54. The number of rotatable bonds is 7. The highest BCUT2D eigenvalue weighted by molar-refractivity contribution is 8.03. The number of thioether (sulfide) groups is 1. The minimum absolute atomic E-state index is 0.132. The van der Waals surface area contributed by atoms with Crippen molar-refractivity contribution >= 4 is 29.3 Å². The van der Waals surface area contributed by atoms with Gasteiger partial charge in [-0.25, -0.2) is 0 Å². The number of ketones is 2. The lowest BCUT2D eigenvalue weighted by Crippen LogP contribution is -2.43. The Balaban J connectivity index is 3.28. The van der Waals surface area contributed by atoms with Gasteiger partial charge in [0.1, 0.15) is 5.92 Å². The first-order valence-electron chi connectivity index (χ1n) is 7.81. The summed E-state index contributed by atoms with van der Waals surface area (Å²) in [6.45, 7) is 7.77. The first-order chi connectivity index (χ1) is 10.3. The van der Waals surface area contributed by atoms with E-state index < -0.39 is 17.3 Å². The molecule has 0 fully saturated rings. The van der Waals surface area contributed by atoms with Gasteiger partial charge in [-0.05, 0) is 28.9 Å². The molecule has 0 N–H and O–H groups in total. The van der Waals surface area contributed by atoms with Crippen LogP contribution < -0.4 is 0 Å². The number of allylic oxidation sites excluding steroid dienone is 2. The first kappa shape index (κ1) is 18.9.